The summed E-state index contributed by atoms with van der Waals surface area (Å²) in [6.07, 6.45) is 0. The van der Waals surface area contributed by atoms with E-state index in [0.29, 0.717) is 0 Å². The summed E-state index contributed by atoms with van der Waals surface area (Å²) in [6, 6.07) is 1.83. The first-order valence-electron chi connectivity index (χ1n) is 2.63. The second-order valence-electron chi connectivity index (χ2n) is 1.99. The van der Waals surface area contributed by atoms with Crippen LogP contribution in [-0.4, -0.2) is 14.1 Å². The molecule has 0 bridgehead atoms. The summed E-state index contributed by atoms with van der Waals surface area (Å²) in [6.45, 7) is 0. The molecule has 1 aromatic heterocycles. The Balaban J connectivity index is 2.94. The lowest BCUT2D eigenvalue weighted by Gasteiger charge is -2.07. The summed E-state index contributed by atoms with van der Waals surface area (Å²) in [5.74, 6) is 0. The van der Waals surface area contributed by atoms with Gasteiger partial charge in [-0.2, -0.15) is 0 Å². The summed E-state index contributed by atoms with van der Waals surface area (Å²) in [4.78, 5) is 1.82. The molecule has 0 spiro atoms. The van der Waals surface area contributed by atoms with E-state index in [1.807, 2.05) is 25.1 Å². The Morgan fingerprint density at radius 2 is 2.22 bits per heavy atom. The summed E-state index contributed by atoms with van der Waals surface area (Å²) in [5.41, 5.74) is 0.778. The van der Waals surface area contributed by atoms with E-state index in [-0.39, 0.29) is 5.06 Å². The van der Waals surface area contributed by atoms with E-state index in [1.165, 1.54) is 11.3 Å². The van der Waals surface area contributed by atoms with Crippen molar-refractivity contribution in [1.82, 2.24) is 0 Å². The summed E-state index contributed by atoms with van der Waals surface area (Å²) >= 11 is 1.24. The Kier molecular flexibility index (Phi) is 1.62. The Bertz CT molecular complexity index is 195. The van der Waals surface area contributed by atoms with Crippen molar-refractivity contribution in [3.63, 3.8) is 0 Å². The van der Waals surface area contributed by atoms with Gasteiger partial charge in [-0.3, -0.25) is 5.11 Å². The average molecular weight is 142 g/mol. The Morgan fingerprint density at radius 1 is 1.56 bits per heavy atom. The zero-order chi connectivity index (χ0) is 6.85. The predicted molar refractivity (Wildman–Crippen MR) is 38.8 cm³/mol. The molecule has 1 rings (SSSR count). The van der Waals surface area contributed by atoms with Crippen LogP contribution in [0.5, 0.6) is 5.06 Å². The van der Waals surface area contributed by atoms with Gasteiger partial charge in [0.1, 0.15) is 0 Å². The van der Waals surface area contributed by atoms with Crippen molar-refractivity contribution in [2.75, 3.05) is 19.0 Å². The van der Waals surface area contributed by atoms with Crippen molar-refractivity contribution >= 4 is 17.0 Å². The summed E-state index contributed by atoms with van der Waals surface area (Å²) in [5, 5.41) is 12.8. The van der Waals surface area contributed by atoms with Crippen LogP contribution < -0.4 is 4.90 Å². The number of rotatable bonds is 1. The molecule has 0 fully saturated rings. The molecule has 49 valence electrons. The molecule has 0 aliphatic heterocycles. The van der Waals surface area contributed by atoms with E-state index >= 15 is 0 Å². The van der Waals surface area contributed by atoms with Gasteiger partial charge in [0, 0.05) is 14.1 Å². The molecular formula is C6H8NOS. The third kappa shape index (κ3) is 1.16. The quantitative estimate of drug-likeness (QED) is 0.587. The van der Waals surface area contributed by atoms with Crippen LogP contribution in [0.3, 0.4) is 0 Å². The van der Waals surface area contributed by atoms with Crippen molar-refractivity contribution in [1.29, 1.82) is 0 Å². The maximum Gasteiger partial charge on any atom is 0.255 e. The van der Waals surface area contributed by atoms with Gasteiger partial charge in [0.05, 0.1) is 5.69 Å². The van der Waals surface area contributed by atoms with Crippen molar-refractivity contribution in [2.24, 2.45) is 0 Å². The molecule has 2 nitrogen and oxygen atoms in total. The van der Waals surface area contributed by atoms with Crippen molar-refractivity contribution in [3.05, 3.63) is 11.4 Å². The second-order valence-corrected chi connectivity index (χ2v) is 2.87. The third-order valence-corrected chi connectivity index (χ3v) is 1.79. The fourth-order valence-corrected chi connectivity index (χ4v) is 1.31. The molecular weight excluding hydrogens is 134 g/mol. The monoisotopic (exact) mass is 142 g/mol. The van der Waals surface area contributed by atoms with Crippen molar-refractivity contribution in [3.8, 4) is 5.06 Å². The van der Waals surface area contributed by atoms with Gasteiger partial charge >= 0.3 is 0 Å². The second kappa shape index (κ2) is 2.27. The van der Waals surface area contributed by atoms with Crippen LogP contribution in [-0.2, 0) is 5.11 Å². The molecule has 0 saturated heterocycles. The van der Waals surface area contributed by atoms with Crippen LogP contribution in [0.15, 0.2) is 11.4 Å². The van der Waals surface area contributed by atoms with Crippen molar-refractivity contribution in [2.45, 2.75) is 0 Å². The van der Waals surface area contributed by atoms with E-state index in [2.05, 4.69) is 0 Å². The highest BCUT2D eigenvalue weighted by Gasteiger charge is 2.03. The van der Waals surface area contributed by atoms with E-state index in [1.54, 1.807) is 5.38 Å². The Labute approximate surface area is 58.4 Å². The maximum absolute atomic E-state index is 10.8. The highest BCUT2D eigenvalue weighted by molar-refractivity contribution is 7.12. The minimum atomic E-state index is 0.139. The molecule has 9 heavy (non-hydrogen) atoms. The van der Waals surface area contributed by atoms with E-state index in [9.17, 15) is 5.11 Å². The molecule has 0 aliphatic rings. The van der Waals surface area contributed by atoms with Crippen LogP contribution in [0, 0.1) is 0 Å². The van der Waals surface area contributed by atoms with Gasteiger partial charge in [-0.05, 0) is 11.4 Å². The summed E-state index contributed by atoms with van der Waals surface area (Å²) in [7, 11) is 3.73. The smallest absolute Gasteiger partial charge is 0.255 e. The molecule has 1 heterocycles. The first-order chi connectivity index (χ1) is 4.22. The topological polar surface area (TPSA) is 23.1 Å². The van der Waals surface area contributed by atoms with Crippen LogP contribution in [0.25, 0.3) is 0 Å². The van der Waals surface area contributed by atoms with Crippen LogP contribution >= 0.6 is 11.3 Å². The lowest BCUT2D eigenvalue weighted by atomic mass is 10.5. The Hall–Kier alpha value is -0.700. The van der Waals surface area contributed by atoms with Gasteiger partial charge < -0.3 is 4.90 Å². The van der Waals surface area contributed by atoms with Gasteiger partial charge in [0.2, 0.25) is 0 Å². The predicted octanol–water partition coefficient (Wildman–Crippen LogP) is 1.96. The minimum absolute atomic E-state index is 0.139. The first kappa shape index (κ1) is 6.42. The number of thiophene rings is 1. The molecule has 0 N–H and O–H groups in total. The normalized spacial score (nSPS) is 9.56. The third-order valence-electron chi connectivity index (χ3n) is 1.09. The number of anilines is 1. The molecule has 0 amide bonds. The maximum atomic E-state index is 10.8. The van der Waals surface area contributed by atoms with Gasteiger partial charge in [-0.25, -0.2) is 0 Å². The molecule has 1 radical (unpaired) electrons. The standard InChI is InChI=1S/C6H8NOS/c1-7(2)5-3-4-9-6(5)8/h3-4H,1-2H3. The van der Waals surface area contributed by atoms with Crippen LogP contribution in [0.1, 0.15) is 0 Å². The molecule has 0 saturated carbocycles. The largest absolute Gasteiger partial charge is 0.374 e. The average Bonchev–Trinajstić information content (AvgIpc) is 2.13. The van der Waals surface area contributed by atoms with E-state index in [4.69, 9.17) is 0 Å². The lowest BCUT2D eigenvalue weighted by Crippen LogP contribution is -2.06. The SMILES string of the molecule is CN(C)c1ccsc1[O]. The highest BCUT2D eigenvalue weighted by atomic mass is 32.1. The first-order valence-corrected chi connectivity index (χ1v) is 3.51. The van der Waals surface area contributed by atoms with Crippen LogP contribution in [0.2, 0.25) is 0 Å². The lowest BCUT2D eigenvalue weighted by molar-refractivity contribution is 0.369. The van der Waals surface area contributed by atoms with Gasteiger partial charge in [-0.1, -0.05) is 0 Å². The van der Waals surface area contributed by atoms with E-state index < -0.39 is 0 Å². The number of hydrogen-bond donors (Lipinski definition) is 0. The van der Waals surface area contributed by atoms with Gasteiger partial charge in [-0.15, -0.1) is 11.3 Å². The van der Waals surface area contributed by atoms with Gasteiger partial charge in [0.15, 0.2) is 0 Å². The van der Waals surface area contributed by atoms with Crippen LogP contribution in [0.4, 0.5) is 5.69 Å². The van der Waals surface area contributed by atoms with E-state index in [0.717, 1.165) is 5.69 Å². The molecule has 3 heteroatoms. The molecule has 0 unspecified atom stereocenters. The van der Waals surface area contributed by atoms with Gasteiger partial charge in [0.25, 0.3) is 5.06 Å². The fraction of sp³-hybridized carbons (Fsp3) is 0.333. The Morgan fingerprint density at radius 3 is 2.44 bits per heavy atom. The zero-order valence-electron chi connectivity index (χ0n) is 5.42. The summed E-state index contributed by atoms with van der Waals surface area (Å²) < 4.78 is 0. The zero-order valence-corrected chi connectivity index (χ0v) is 6.23. The molecule has 0 aromatic carbocycles. The highest BCUT2D eigenvalue weighted by Crippen LogP contribution is 2.31. The molecule has 0 atom stereocenters. The minimum Gasteiger partial charge on any atom is -0.374 e. The fourth-order valence-electron chi connectivity index (χ4n) is 0.620. The molecule has 0 aliphatic carbocycles. The molecule has 1 aromatic rings. The van der Waals surface area contributed by atoms with Crippen molar-refractivity contribution < 1.29 is 5.11 Å². The number of hydrogen-bond acceptors (Lipinski definition) is 2. The number of nitrogens with zero attached hydrogens (tertiary/aromatic N) is 1.